The summed E-state index contributed by atoms with van der Waals surface area (Å²) < 4.78 is 9.05. The topological polar surface area (TPSA) is 91.1 Å². The van der Waals surface area contributed by atoms with Crippen LogP contribution in [0.25, 0.3) is 33.1 Å². The standard InChI is InChI=1S/C24H18N6O2S2/c1-14-9-11-16(12-10-14)29-22(31)17-6-3-4-7-18(17)30-23(29)26-27-24(30)34-15(2)21-25-20(28-32-21)19-8-5-13-33-19/h3-13,15H,1-2H3. The van der Waals surface area contributed by atoms with E-state index in [2.05, 4.69) is 20.3 Å². The highest BCUT2D eigenvalue weighted by Crippen LogP contribution is 2.35. The minimum atomic E-state index is -0.174. The number of aryl methyl sites for hydroxylation is 1. The lowest BCUT2D eigenvalue weighted by molar-refractivity contribution is 0.381. The molecule has 0 bridgehead atoms. The normalized spacial score (nSPS) is 12.5. The van der Waals surface area contributed by atoms with Crippen LogP contribution in [0, 0.1) is 6.92 Å². The Kier molecular flexibility index (Phi) is 5.04. The van der Waals surface area contributed by atoms with E-state index in [1.165, 1.54) is 11.8 Å². The molecule has 1 unspecified atom stereocenters. The van der Waals surface area contributed by atoms with Crippen LogP contribution in [0.3, 0.4) is 0 Å². The van der Waals surface area contributed by atoms with E-state index >= 15 is 0 Å². The van der Waals surface area contributed by atoms with E-state index in [-0.39, 0.29) is 10.8 Å². The van der Waals surface area contributed by atoms with Gasteiger partial charge >= 0.3 is 0 Å². The van der Waals surface area contributed by atoms with Crippen LogP contribution < -0.4 is 5.56 Å². The second kappa shape index (κ2) is 8.23. The van der Waals surface area contributed by atoms with Gasteiger partial charge in [0.25, 0.3) is 5.56 Å². The first kappa shape index (κ1) is 20.8. The first-order valence-electron chi connectivity index (χ1n) is 10.6. The summed E-state index contributed by atoms with van der Waals surface area (Å²) in [5.74, 6) is 1.52. The van der Waals surface area contributed by atoms with Crippen molar-refractivity contribution in [3.63, 3.8) is 0 Å². The Morgan fingerprint density at radius 3 is 2.65 bits per heavy atom. The average molecular weight is 487 g/mol. The van der Waals surface area contributed by atoms with Crippen molar-refractivity contribution in [3.05, 3.63) is 87.9 Å². The highest BCUT2D eigenvalue weighted by molar-refractivity contribution is 7.99. The zero-order valence-electron chi connectivity index (χ0n) is 18.2. The Labute approximate surface area is 201 Å². The number of nitrogens with zero attached hydrogens (tertiary/aromatic N) is 6. The largest absolute Gasteiger partial charge is 0.338 e. The van der Waals surface area contributed by atoms with Gasteiger partial charge in [0.05, 0.1) is 26.7 Å². The predicted molar refractivity (Wildman–Crippen MR) is 133 cm³/mol. The minimum absolute atomic E-state index is 0.138. The number of fused-ring (bicyclic) bond motifs is 3. The third kappa shape index (κ3) is 3.42. The number of para-hydroxylation sites is 1. The summed E-state index contributed by atoms with van der Waals surface area (Å²) in [6, 6.07) is 19.2. The van der Waals surface area contributed by atoms with E-state index in [1.54, 1.807) is 15.9 Å². The average Bonchev–Trinajstić information content (AvgIpc) is 3.61. The molecule has 0 aliphatic rings. The molecule has 8 nitrogen and oxygen atoms in total. The molecule has 6 aromatic rings. The van der Waals surface area contributed by atoms with Gasteiger partial charge in [-0.3, -0.25) is 9.20 Å². The van der Waals surface area contributed by atoms with Gasteiger partial charge in [0.2, 0.25) is 17.5 Å². The quantitative estimate of drug-likeness (QED) is 0.305. The summed E-state index contributed by atoms with van der Waals surface area (Å²) in [6.07, 6.45) is 0. The lowest BCUT2D eigenvalue weighted by Crippen LogP contribution is -2.21. The molecule has 6 rings (SSSR count). The van der Waals surface area contributed by atoms with Crippen LogP contribution in [0.5, 0.6) is 0 Å². The van der Waals surface area contributed by atoms with Gasteiger partial charge < -0.3 is 4.52 Å². The van der Waals surface area contributed by atoms with E-state index < -0.39 is 0 Å². The van der Waals surface area contributed by atoms with Gasteiger partial charge in [-0.2, -0.15) is 4.98 Å². The maximum Gasteiger partial charge on any atom is 0.267 e. The maximum atomic E-state index is 13.4. The van der Waals surface area contributed by atoms with E-state index in [9.17, 15) is 4.79 Å². The van der Waals surface area contributed by atoms with Gasteiger partial charge in [-0.1, -0.05) is 52.8 Å². The fraction of sp³-hybridized carbons (Fsp3) is 0.125. The summed E-state index contributed by atoms with van der Waals surface area (Å²) >= 11 is 3.01. The van der Waals surface area contributed by atoms with Crippen molar-refractivity contribution in [2.45, 2.75) is 24.3 Å². The number of hydrogen-bond donors (Lipinski definition) is 0. The third-order valence-electron chi connectivity index (χ3n) is 5.50. The van der Waals surface area contributed by atoms with Crippen molar-refractivity contribution in [3.8, 4) is 16.4 Å². The van der Waals surface area contributed by atoms with Crippen molar-refractivity contribution < 1.29 is 4.52 Å². The molecule has 168 valence electrons. The van der Waals surface area contributed by atoms with Crippen molar-refractivity contribution in [1.82, 2.24) is 29.3 Å². The first-order valence-corrected chi connectivity index (χ1v) is 12.4. The molecule has 34 heavy (non-hydrogen) atoms. The minimum Gasteiger partial charge on any atom is -0.338 e. The number of thioether (sulfide) groups is 1. The molecule has 0 aliphatic heterocycles. The van der Waals surface area contributed by atoms with Crippen molar-refractivity contribution >= 4 is 39.8 Å². The maximum absolute atomic E-state index is 13.4. The lowest BCUT2D eigenvalue weighted by Gasteiger charge is -2.12. The Morgan fingerprint density at radius 1 is 1.03 bits per heavy atom. The molecule has 0 saturated heterocycles. The van der Waals surface area contributed by atoms with E-state index in [0.29, 0.717) is 28.0 Å². The molecule has 1 atom stereocenters. The van der Waals surface area contributed by atoms with E-state index in [4.69, 9.17) is 4.52 Å². The summed E-state index contributed by atoms with van der Waals surface area (Å²) in [6.45, 7) is 3.99. The summed E-state index contributed by atoms with van der Waals surface area (Å²) in [4.78, 5) is 19.0. The van der Waals surface area contributed by atoms with Crippen molar-refractivity contribution in [1.29, 1.82) is 0 Å². The van der Waals surface area contributed by atoms with E-state index in [1.807, 2.05) is 84.3 Å². The monoisotopic (exact) mass is 486 g/mol. The van der Waals surface area contributed by atoms with Gasteiger partial charge in [0, 0.05) is 0 Å². The first-order chi connectivity index (χ1) is 16.6. The zero-order chi connectivity index (χ0) is 23.2. The molecule has 2 aromatic carbocycles. The van der Waals surface area contributed by atoms with Gasteiger partial charge in [-0.05, 0) is 49.6 Å². The highest BCUT2D eigenvalue weighted by Gasteiger charge is 2.23. The van der Waals surface area contributed by atoms with Crippen LogP contribution in [-0.4, -0.2) is 29.3 Å². The van der Waals surface area contributed by atoms with Crippen LogP contribution in [0.4, 0.5) is 0 Å². The summed E-state index contributed by atoms with van der Waals surface area (Å²) in [5.41, 5.74) is 2.46. The summed E-state index contributed by atoms with van der Waals surface area (Å²) in [7, 11) is 0. The number of aromatic nitrogens is 6. The Morgan fingerprint density at radius 2 is 1.85 bits per heavy atom. The van der Waals surface area contributed by atoms with Crippen LogP contribution in [0.2, 0.25) is 0 Å². The van der Waals surface area contributed by atoms with E-state index in [0.717, 1.165) is 21.6 Å². The molecule has 0 spiro atoms. The third-order valence-corrected chi connectivity index (χ3v) is 7.40. The van der Waals surface area contributed by atoms with Gasteiger partial charge in [-0.15, -0.1) is 21.5 Å². The number of rotatable bonds is 5. The molecule has 10 heteroatoms. The van der Waals surface area contributed by atoms with Crippen LogP contribution in [0.1, 0.15) is 23.6 Å². The Bertz CT molecular complexity index is 1680. The van der Waals surface area contributed by atoms with Gasteiger partial charge in [0.15, 0.2) is 5.16 Å². The smallest absolute Gasteiger partial charge is 0.267 e. The van der Waals surface area contributed by atoms with Crippen LogP contribution in [0.15, 0.2) is 80.5 Å². The molecule has 0 aliphatic carbocycles. The molecule has 4 heterocycles. The number of thiophene rings is 1. The molecule has 4 aromatic heterocycles. The van der Waals surface area contributed by atoms with Gasteiger partial charge in [-0.25, -0.2) is 4.57 Å². The molecule has 0 N–H and O–H groups in total. The van der Waals surface area contributed by atoms with Crippen molar-refractivity contribution in [2.75, 3.05) is 0 Å². The summed E-state index contributed by atoms with van der Waals surface area (Å²) in [5, 5.41) is 16.0. The van der Waals surface area contributed by atoms with Crippen LogP contribution >= 0.6 is 23.1 Å². The Balaban J connectivity index is 1.48. The molecular formula is C24H18N6O2S2. The zero-order valence-corrected chi connectivity index (χ0v) is 19.9. The predicted octanol–water partition coefficient (Wildman–Crippen LogP) is 5.31. The highest BCUT2D eigenvalue weighted by atomic mass is 32.2. The SMILES string of the molecule is Cc1ccc(-n2c(=O)c3ccccc3n3c(SC(C)c4nc(-c5cccs5)no4)nnc23)cc1. The number of benzene rings is 2. The lowest BCUT2D eigenvalue weighted by atomic mass is 10.2. The fourth-order valence-corrected chi connectivity index (χ4v) is 5.33. The molecule has 0 fully saturated rings. The second-order valence-electron chi connectivity index (χ2n) is 7.80. The number of hydrogen-bond acceptors (Lipinski definition) is 8. The molecule has 0 saturated carbocycles. The second-order valence-corrected chi connectivity index (χ2v) is 10.1. The fourth-order valence-electron chi connectivity index (χ4n) is 3.80. The van der Waals surface area contributed by atoms with Crippen LogP contribution in [-0.2, 0) is 0 Å². The van der Waals surface area contributed by atoms with Gasteiger partial charge in [0.1, 0.15) is 0 Å². The molecule has 0 amide bonds. The van der Waals surface area contributed by atoms with Crippen molar-refractivity contribution in [2.24, 2.45) is 0 Å². The molecule has 0 radical (unpaired) electrons. The Hall–Kier alpha value is -3.76. The molecular weight excluding hydrogens is 468 g/mol.